The highest BCUT2D eigenvalue weighted by atomic mass is 19.1. The Morgan fingerprint density at radius 2 is 2.12 bits per heavy atom. The number of hydrogen-bond donors (Lipinski definition) is 2. The van der Waals surface area contributed by atoms with E-state index in [9.17, 15) is 14.3 Å². The molecule has 0 spiro atoms. The second-order valence-electron chi connectivity index (χ2n) is 6.50. The van der Waals surface area contributed by atoms with Crippen LogP contribution in [-0.4, -0.2) is 24.9 Å². The molecule has 2 heterocycles. The van der Waals surface area contributed by atoms with E-state index in [1.807, 2.05) is 13.0 Å². The molecule has 7 heteroatoms. The minimum absolute atomic E-state index is 0.173. The maximum atomic E-state index is 14.5. The molecule has 136 valence electrons. The fourth-order valence-electron chi connectivity index (χ4n) is 2.93. The molecule has 0 unspecified atom stereocenters. The van der Waals surface area contributed by atoms with Crippen molar-refractivity contribution >= 4 is 0 Å². The summed E-state index contributed by atoms with van der Waals surface area (Å²) in [6.07, 6.45) is 4.69. The smallest absolute Gasteiger partial charge is 0.253 e. The van der Waals surface area contributed by atoms with Crippen LogP contribution in [0.25, 0.3) is 5.82 Å². The summed E-state index contributed by atoms with van der Waals surface area (Å²) in [4.78, 5) is 18.4. The first-order valence-corrected chi connectivity index (χ1v) is 8.46. The standard InChI is InChI=1S/C19H21FN4O2/c1-4-5-13-6-7-15(16(20)8-13)19(3,26)14-10-21-24(11-14)17-9-18(25)23-12(2)22-17/h6-11,26H,4-5H2,1-3H3,(H,22,23,25)/t19-/m0/s1. The third-order valence-electron chi connectivity index (χ3n) is 4.32. The number of benzene rings is 1. The van der Waals surface area contributed by atoms with Crippen LogP contribution in [0.4, 0.5) is 4.39 Å². The van der Waals surface area contributed by atoms with Gasteiger partial charge in [-0.1, -0.05) is 25.5 Å². The maximum absolute atomic E-state index is 14.5. The van der Waals surface area contributed by atoms with Crippen molar-refractivity contribution < 1.29 is 9.50 Å². The highest BCUT2D eigenvalue weighted by molar-refractivity contribution is 5.37. The van der Waals surface area contributed by atoms with Crippen molar-refractivity contribution in [2.45, 2.75) is 39.2 Å². The third kappa shape index (κ3) is 3.43. The van der Waals surface area contributed by atoms with E-state index in [1.165, 1.54) is 29.9 Å². The molecule has 0 saturated heterocycles. The van der Waals surface area contributed by atoms with E-state index >= 15 is 0 Å². The molecule has 3 rings (SSSR count). The molecular weight excluding hydrogens is 335 g/mol. The molecule has 26 heavy (non-hydrogen) atoms. The van der Waals surface area contributed by atoms with Crippen molar-refractivity contribution in [3.8, 4) is 5.82 Å². The zero-order valence-electron chi connectivity index (χ0n) is 15.0. The Kier molecular flexibility index (Phi) is 4.73. The minimum atomic E-state index is -1.57. The van der Waals surface area contributed by atoms with Crippen LogP contribution in [0.5, 0.6) is 0 Å². The monoisotopic (exact) mass is 356 g/mol. The Morgan fingerprint density at radius 1 is 1.35 bits per heavy atom. The highest BCUT2D eigenvalue weighted by Crippen LogP contribution is 2.31. The number of aryl methyl sites for hydroxylation is 2. The average molecular weight is 356 g/mol. The van der Waals surface area contributed by atoms with Crippen LogP contribution in [-0.2, 0) is 12.0 Å². The molecule has 0 aliphatic carbocycles. The quantitative estimate of drug-likeness (QED) is 0.736. The zero-order chi connectivity index (χ0) is 18.9. The summed E-state index contributed by atoms with van der Waals surface area (Å²) in [6.45, 7) is 5.21. The highest BCUT2D eigenvalue weighted by Gasteiger charge is 2.30. The summed E-state index contributed by atoms with van der Waals surface area (Å²) in [6, 6.07) is 6.19. The molecule has 1 aromatic carbocycles. The van der Waals surface area contributed by atoms with E-state index in [0.717, 1.165) is 18.4 Å². The summed E-state index contributed by atoms with van der Waals surface area (Å²) in [5, 5.41) is 15.1. The fraction of sp³-hybridized carbons (Fsp3) is 0.316. The van der Waals surface area contributed by atoms with Crippen LogP contribution in [0.3, 0.4) is 0 Å². The van der Waals surface area contributed by atoms with Gasteiger partial charge in [-0.2, -0.15) is 5.10 Å². The van der Waals surface area contributed by atoms with Gasteiger partial charge >= 0.3 is 0 Å². The van der Waals surface area contributed by atoms with Crippen LogP contribution < -0.4 is 5.56 Å². The van der Waals surface area contributed by atoms with Gasteiger partial charge in [0.25, 0.3) is 5.56 Å². The van der Waals surface area contributed by atoms with Gasteiger partial charge in [-0.05, 0) is 31.9 Å². The SMILES string of the molecule is CCCc1ccc([C@@](C)(O)c2cnn(-c3cc(=O)[nH]c(C)n3)c2)c(F)c1. The topological polar surface area (TPSA) is 83.8 Å². The summed E-state index contributed by atoms with van der Waals surface area (Å²) < 4.78 is 15.9. The number of aromatic amines is 1. The number of nitrogens with zero attached hydrogens (tertiary/aromatic N) is 3. The lowest BCUT2D eigenvalue weighted by molar-refractivity contribution is 0.0979. The first-order chi connectivity index (χ1) is 12.3. The fourth-order valence-corrected chi connectivity index (χ4v) is 2.93. The van der Waals surface area contributed by atoms with Crippen molar-refractivity contribution in [1.29, 1.82) is 0 Å². The molecule has 0 saturated carbocycles. The Labute approximate surface area is 150 Å². The first kappa shape index (κ1) is 18.0. The predicted octanol–water partition coefficient (Wildman–Crippen LogP) is 2.61. The van der Waals surface area contributed by atoms with E-state index in [1.54, 1.807) is 19.2 Å². The molecule has 0 radical (unpaired) electrons. The molecule has 0 aliphatic rings. The van der Waals surface area contributed by atoms with Crippen molar-refractivity contribution in [2.24, 2.45) is 0 Å². The second kappa shape index (κ2) is 6.84. The largest absolute Gasteiger partial charge is 0.380 e. The molecule has 0 fully saturated rings. The van der Waals surface area contributed by atoms with Crippen LogP contribution in [0.15, 0.2) is 41.5 Å². The van der Waals surface area contributed by atoms with Crippen molar-refractivity contribution in [1.82, 2.24) is 19.7 Å². The van der Waals surface area contributed by atoms with Crippen molar-refractivity contribution in [3.05, 3.63) is 75.3 Å². The van der Waals surface area contributed by atoms with E-state index in [-0.39, 0.29) is 11.1 Å². The maximum Gasteiger partial charge on any atom is 0.253 e. The van der Waals surface area contributed by atoms with Gasteiger partial charge in [-0.3, -0.25) is 4.79 Å². The lowest BCUT2D eigenvalue weighted by atomic mass is 9.89. The molecule has 0 amide bonds. The first-order valence-electron chi connectivity index (χ1n) is 8.46. The van der Waals surface area contributed by atoms with Gasteiger partial charge in [-0.15, -0.1) is 0 Å². The Hall–Kier alpha value is -2.80. The third-order valence-corrected chi connectivity index (χ3v) is 4.32. The number of H-pyrrole nitrogens is 1. The molecular formula is C19H21FN4O2. The Bertz CT molecular complexity index is 991. The Morgan fingerprint density at radius 3 is 2.77 bits per heavy atom. The lowest BCUT2D eigenvalue weighted by Crippen LogP contribution is -2.24. The summed E-state index contributed by atoms with van der Waals surface area (Å²) >= 11 is 0. The van der Waals surface area contributed by atoms with Gasteiger partial charge in [-0.25, -0.2) is 14.1 Å². The summed E-state index contributed by atoms with van der Waals surface area (Å²) in [5.41, 5.74) is -0.396. The second-order valence-corrected chi connectivity index (χ2v) is 6.50. The molecule has 0 bridgehead atoms. The van der Waals surface area contributed by atoms with E-state index in [4.69, 9.17) is 0 Å². The number of nitrogens with one attached hydrogen (secondary N) is 1. The van der Waals surface area contributed by atoms with Gasteiger partial charge in [0.15, 0.2) is 5.82 Å². The predicted molar refractivity (Wildman–Crippen MR) is 95.8 cm³/mol. The van der Waals surface area contributed by atoms with Crippen molar-refractivity contribution in [2.75, 3.05) is 0 Å². The van der Waals surface area contributed by atoms with E-state index in [2.05, 4.69) is 15.1 Å². The Balaban J connectivity index is 1.98. The number of aliphatic hydroxyl groups is 1. The zero-order valence-corrected chi connectivity index (χ0v) is 15.0. The number of hydrogen-bond acceptors (Lipinski definition) is 4. The van der Waals surface area contributed by atoms with Gasteiger partial charge in [0.05, 0.1) is 6.20 Å². The van der Waals surface area contributed by atoms with Crippen molar-refractivity contribution in [3.63, 3.8) is 0 Å². The summed E-state index contributed by atoms with van der Waals surface area (Å²) in [5.74, 6) is 0.319. The van der Waals surface area contributed by atoms with E-state index in [0.29, 0.717) is 17.2 Å². The van der Waals surface area contributed by atoms with Gasteiger partial charge in [0, 0.05) is 23.4 Å². The van der Waals surface area contributed by atoms with Crippen LogP contribution >= 0.6 is 0 Å². The molecule has 2 aromatic heterocycles. The van der Waals surface area contributed by atoms with Gasteiger partial charge in [0.2, 0.25) is 0 Å². The van der Waals surface area contributed by atoms with E-state index < -0.39 is 11.4 Å². The lowest BCUT2D eigenvalue weighted by Gasteiger charge is -2.23. The van der Waals surface area contributed by atoms with Gasteiger partial charge < -0.3 is 10.1 Å². The van der Waals surface area contributed by atoms with Crippen LogP contribution in [0.1, 0.15) is 42.8 Å². The van der Waals surface area contributed by atoms with Crippen LogP contribution in [0.2, 0.25) is 0 Å². The molecule has 0 aliphatic heterocycles. The number of halogens is 1. The summed E-state index contributed by atoms with van der Waals surface area (Å²) in [7, 11) is 0. The van der Waals surface area contributed by atoms with Crippen LogP contribution in [0, 0.1) is 12.7 Å². The van der Waals surface area contributed by atoms with Gasteiger partial charge in [0.1, 0.15) is 17.2 Å². The number of rotatable bonds is 5. The average Bonchev–Trinajstić information content (AvgIpc) is 3.05. The molecule has 3 aromatic rings. The molecule has 1 atom stereocenters. The number of aromatic nitrogens is 4. The minimum Gasteiger partial charge on any atom is -0.380 e. The molecule has 6 nitrogen and oxygen atoms in total. The molecule has 2 N–H and O–H groups in total. The normalized spacial score (nSPS) is 13.6.